The van der Waals surface area contributed by atoms with Crippen molar-refractivity contribution in [3.63, 3.8) is 0 Å². The number of carbonyl (C=O) groups excluding carboxylic acids is 1. The number of allylic oxidation sites excluding steroid dienone is 1. The summed E-state index contributed by atoms with van der Waals surface area (Å²) in [5.41, 5.74) is 2.02. The lowest BCUT2D eigenvalue weighted by Gasteiger charge is -2.06. The van der Waals surface area contributed by atoms with Gasteiger partial charge in [0.1, 0.15) is 0 Å². The van der Waals surface area contributed by atoms with Crippen LogP contribution in [0.4, 0.5) is 0 Å². The second kappa shape index (κ2) is 2.91. The van der Waals surface area contributed by atoms with Gasteiger partial charge in [0.15, 0.2) is 0 Å². The second-order valence-electron chi connectivity index (χ2n) is 2.86. The standard InChI is InChI=1S/C9H13NO/c1-4-5-8-7(2)6-10(3)9(8)11/h4-5H,6H2,1-3H3. The zero-order valence-corrected chi connectivity index (χ0v) is 7.22. The molecule has 0 aromatic carbocycles. The lowest BCUT2D eigenvalue weighted by Crippen LogP contribution is -2.21. The SMILES string of the molecule is CC=CC1=C(C)CN(C)C1=O. The smallest absolute Gasteiger partial charge is 0.253 e. The maximum atomic E-state index is 11.3. The fraction of sp³-hybridized carbons (Fsp3) is 0.444. The predicted molar refractivity (Wildman–Crippen MR) is 45.2 cm³/mol. The van der Waals surface area contributed by atoms with Crippen molar-refractivity contribution >= 4 is 5.91 Å². The molecule has 60 valence electrons. The van der Waals surface area contributed by atoms with E-state index in [9.17, 15) is 4.79 Å². The highest BCUT2D eigenvalue weighted by Crippen LogP contribution is 2.17. The highest BCUT2D eigenvalue weighted by atomic mass is 16.2. The first-order valence-corrected chi connectivity index (χ1v) is 3.74. The average Bonchev–Trinajstić information content (AvgIpc) is 2.17. The third-order valence-corrected chi connectivity index (χ3v) is 1.84. The number of hydrogen-bond acceptors (Lipinski definition) is 1. The number of amides is 1. The van der Waals surface area contributed by atoms with Crippen molar-refractivity contribution in [1.82, 2.24) is 4.90 Å². The van der Waals surface area contributed by atoms with E-state index in [0.717, 1.165) is 17.7 Å². The number of nitrogens with zero attached hydrogens (tertiary/aromatic N) is 1. The Kier molecular flexibility index (Phi) is 2.13. The van der Waals surface area contributed by atoms with Gasteiger partial charge in [-0.2, -0.15) is 0 Å². The Labute approximate surface area is 67.2 Å². The molecule has 0 atom stereocenters. The van der Waals surface area contributed by atoms with Crippen molar-refractivity contribution in [2.24, 2.45) is 0 Å². The van der Waals surface area contributed by atoms with E-state index in [0.29, 0.717) is 0 Å². The van der Waals surface area contributed by atoms with Gasteiger partial charge in [0, 0.05) is 19.2 Å². The van der Waals surface area contributed by atoms with Crippen molar-refractivity contribution in [3.8, 4) is 0 Å². The molecule has 0 aliphatic carbocycles. The van der Waals surface area contributed by atoms with Crippen LogP contribution in [0.25, 0.3) is 0 Å². The van der Waals surface area contributed by atoms with E-state index < -0.39 is 0 Å². The molecule has 0 radical (unpaired) electrons. The second-order valence-corrected chi connectivity index (χ2v) is 2.86. The topological polar surface area (TPSA) is 20.3 Å². The van der Waals surface area contributed by atoms with Gasteiger partial charge < -0.3 is 4.90 Å². The van der Waals surface area contributed by atoms with Crippen LogP contribution in [0.2, 0.25) is 0 Å². The van der Waals surface area contributed by atoms with Crippen LogP contribution in [0, 0.1) is 0 Å². The highest BCUT2D eigenvalue weighted by molar-refractivity contribution is 5.99. The van der Waals surface area contributed by atoms with Gasteiger partial charge in [0.25, 0.3) is 5.91 Å². The molecule has 1 amide bonds. The van der Waals surface area contributed by atoms with E-state index >= 15 is 0 Å². The van der Waals surface area contributed by atoms with E-state index in [1.54, 1.807) is 4.90 Å². The van der Waals surface area contributed by atoms with Crippen LogP contribution in [0.15, 0.2) is 23.3 Å². The summed E-state index contributed by atoms with van der Waals surface area (Å²) in [5, 5.41) is 0. The number of carbonyl (C=O) groups is 1. The van der Waals surface area contributed by atoms with Gasteiger partial charge in [-0.1, -0.05) is 12.2 Å². The minimum Gasteiger partial charge on any atom is -0.338 e. The molecular weight excluding hydrogens is 138 g/mol. The molecule has 0 unspecified atom stereocenters. The number of rotatable bonds is 1. The summed E-state index contributed by atoms with van der Waals surface area (Å²) in [6.07, 6.45) is 3.77. The molecule has 1 rings (SSSR count). The molecule has 0 fully saturated rings. The number of likely N-dealkylation sites (N-methyl/N-ethyl adjacent to an activating group) is 1. The molecule has 0 saturated carbocycles. The minimum absolute atomic E-state index is 0.139. The van der Waals surface area contributed by atoms with Crippen molar-refractivity contribution in [2.45, 2.75) is 13.8 Å². The van der Waals surface area contributed by atoms with Gasteiger partial charge in [-0.05, 0) is 19.4 Å². The molecule has 0 saturated heterocycles. The van der Waals surface area contributed by atoms with E-state index in [-0.39, 0.29) is 5.91 Å². The Morgan fingerprint density at radius 1 is 1.55 bits per heavy atom. The quantitative estimate of drug-likeness (QED) is 0.554. The van der Waals surface area contributed by atoms with Gasteiger partial charge in [-0.3, -0.25) is 4.79 Å². The van der Waals surface area contributed by atoms with Crippen LogP contribution in [0.5, 0.6) is 0 Å². The van der Waals surface area contributed by atoms with Crippen LogP contribution in [-0.4, -0.2) is 24.4 Å². The third-order valence-electron chi connectivity index (χ3n) is 1.84. The first-order chi connectivity index (χ1) is 5.16. The predicted octanol–water partition coefficient (Wildman–Crippen LogP) is 1.35. The summed E-state index contributed by atoms with van der Waals surface area (Å²) in [4.78, 5) is 13.0. The first-order valence-electron chi connectivity index (χ1n) is 3.74. The van der Waals surface area contributed by atoms with Gasteiger partial charge in [-0.25, -0.2) is 0 Å². The Morgan fingerprint density at radius 2 is 2.18 bits per heavy atom. The molecule has 1 aliphatic heterocycles. The van der Waals surface area contributed by atoms with Crippen LogP contribution in [0.1, 0.15) is 13.8 Å². The summed E-state index contributed by atoms with van der Waals surface area (Å²) < 4.78 is 0. The molecule has 0 N–H and O–H groups in total. The lowest BCUT2D eigenvalue weighted by atomic mass is 10.1. The lowest BCUT2D eigenvalue weighted by molar-refractivity contribution is -0.124. The first kappa shape index (κ1) is 8.05. The fourth-order valence-electron chi connectivity index (χ4n) is 1.28. The van der Waals surface area contributed by atoms with E-state index in [4.69, 9.17) is 0 Å². The highest BCUT2D eigenvalue weighted by Gasteiger charge is 2.22. The van der Waals surface area contributed by atoms with E-state index in [1.807, 2.05) is 33.0 Å². The average molecular weight is 151 g/mol. The van der Waals surface area contributed by atoms with Gasteiger partial charge >= 0.3 is 0 Å². The van der Waals surface area contributed by atoms with Crippen LogP contribution in [0.3, 0.4) is 0 Å². The van der Waals surface area contributed by atoms with E-state index in [2.05, 4.69) is 0 Å². The molecule has 0 aromatic rings. The minimum atomic E-state index is 0.139. The molecule has 1 heterocycles. The molecule has 11 heavy (non-hydrogen) atoms. The number of hydrogen-bond donors (Lipinski definition) is 0. The maximum absolute atomic E-state index is 11.3. The normalized spacial score (nSPS) is 19.2. The largest absolute Gasteiger partial charge is 0.338 e. The van der Waals surface area contributed by atoms with Crippen molar-refractivity contribution in [2.75, 3.05) is 13.6 Å². The molecule has 0 bridgehead atoms. The van der Waals surface area contributed by atoms with Gasteiger partial charge in [-0.15, -0.1) is 0 Å². The molecular formula is C9H13NO. The Balaban J connectivity index is 2.91. The molecule has 0 aromatic heterocycles. The van der Waals surface area contributed by atoms with Crippen molar-refractivity contribution in [1.29, 1.82) is 0 Å². The van der Waals surface area contributed by atoms with Crippen LogP contribution >= 0.6 is 0 Å². The molecule has 2 nitrogen and oxygen atoms in total. The van der Waals surface area contributed by atoms with Crippen LogP contribution in [-0.2, 0) is 4.79 Å². The zero-order chi connectivity index (χ0) is 8.43. The summed E-state index contributed by atoms with van der Waals surface area (Å²) in [7, 11) is 1.82. The summed E-state index contributed by atoms with van der Waals surface area (Å²) in [6, 6.07) is 0. The summed E-state index contributed by atoms with van der Waals surface area (Å²) in [5.74, 6) is 0.139. The summed E-state index contributed by atoms with van der Waals surface area (Å²) >= 11 is 0. The van der Waals surface area contributed by atoms with Gasteiger partial charge in [0.05, 0.1) is 0 Å². The fourth-order valence-corrected chi connectivity index (χ4v) is 1.28. The maximum Gasteiger partial charge on any atom is 0.253 e. The van der Waals surface area contributed by atoms with Gasteiger partial charge in [0.2, 0.25) is 0 Å². The molecule has 1 aliphatic rings. The third kappa shape index (κ3) is 1.34. The van der Waals surface area contributed by atoms with Crippen molar-refractivity contribution < 1.29 is 4.79 Å². The molecule has 0 spiro atoms. The van der Waals surface area contributed by atoms with Crippen LogP contribution < -0.4 is 0 Å². The van der Waals surface area contributed by atoms with Crippen molar-refractivity contribution in [3.05, 3.63) is 23.3 Å². The Morgan fingerprint density at radius 3 is 2.55 bits per heavy atom. The molecule has 2 heteroatoms. The summed E-state index contributed by atoms with van der Waals surface area (Å²) in [6.45, 7) is 4.70. The Bertz CT molecular complexity index is 238. The Hall–Kier alpha value is -1.05. The zero-order valence-electron chi connectivity index (χ0n) is 7.22. The van der Waals surface area contributed by atoms with E-state index in [1.165, 1.54) is 0 Å². The monoisotopic (exact) mass is 151 g/mol.